The fourth-order valence-corrected chi connectivity index (χ4v) is 5.69. The summed E-state index contributed by atoms with van der Waals surface area (Å²) in [5.41, 5.74) is 3.28. The van der Waals surface area contributed by atoms with Crippen molar-refractivity contribution in [3.8, 4) is 16.9 Å². The minimum absolute atomic E-state index is 0.0836. The molecule has 0 radical (unpaired) electrons. The van der Waals surface area contributed by atoms with Crippen LogP contribution < -0.4 is 10.1 Å². The molecule has 1 fully saturated rings. The predicted molar refractivity (Wildman–Crippen MR) is 132 cm³/mol. The molecular weight excluding hydrogens is 490 g/mol. The number of amides is 2. The third-order valence-electron chi connectivity index (χ3n) is 6.31. The summed E-state index contributed by atoms with van der Waals surface area (Å²) in [6, 6.07) is 3.46. The Morgan fingerprint density at radius 2 is 2.03 bits per heavy atom. The monoisotopic (exact) mass is 513 g/mol. The molecule has 182 valence electrons. The van der Waals surface area contributed by atoms with Crippen LogP contribution in [0.4, 0.5) is 5.13 Å². The molecule has 1 aliphatic carbocycles. The number of β-amino-alcohol motifs (C(OH)–C–C–N with tert-alkyl or cyclic N) is 1. The fraction of sp³-hybridized carbons (Fsp3) is 0.375. The smallest absolute Gasteiger partial charge is 0.259 e. The van der Waals surface area contributed by atoms with Gasteiger partial charge >= 0.3 is 0 Å². The number of pyridine rings is 2. The van der Waals surface area contributed by atoms with Gasteiger partial charge in [0.05, 0.1) is 30.7 Å². The summed E-state index contributed by atoms with van der Waals surface area (Å²) in [5, 5.41) is 13.2. The van der Waals surface area contributed by atoms with Crippen molar-refractivity contribution in [3.05, 3.63) is 51.5 Å². The lowest BCUT2D eigenvalue weighted by Gasteiger charge is -2.38. The molecule has 4 heterocycles. The molecule has 5 rings (SSSR count). The average molecular weight is 514 g/mol. The van der Waals surface area contributed by atoms with Crippen LogP contribution in [0.25, 0.3) is 11.1 Å². The lowest BCUT2D eigenvalue weighted by molar-refractivity contribution is -0.146. The first kappa shape index (κ1) is 23.7. The minimum atomic E-state index is -0.410. The van der Waals surface area contributed by atoms with Gasteiger partial charge in [-0.2, -0.15) is 0 Å². The molecule has 0 aromatic carbocycles. The normalized spacial score (nSPS) is 17.5. The number of methoxy groups -OCH3 is 1. The van der Waals surface area contributed by atoms with Gasteiger partial charge in [0.25, 0.3) is 5.91 Å². The summed E-state index contributed by atoms with van der Waals surface area (Å²) in [6.07, 6.45) is 4.62. The van der Waals surface area contributed by atoms with Crippen molar-refractivity contribution in [2.45, 2.75) is 32.3 Å². The Kier molecular flexibility index (Phi) is 6.43. The highest BCUT2D eigenvalue weighted by Crippen LogP contribution is 2.36. The van der Waals surface area contributed by atoms with Crippen molar-refractivity contribution < 1.29 is 19.4 Å². The Morgan fingerprint density at radius 1 is 1.23 bits per heavy atom. The van der Waals surface area contributed by atoms with Crippen molar-refractivity contribution in [1.29, 1.82) is 0 Å². The number of aromatic nitrogens is 3. The number of hydrogen-bond acceptors (Lipinski definition) is 8. The van der Waals surface area contributed by atoms with E-state index in [1.54, 1.807) is 17.0 Å². The number of thiazole rings is 1. The summed E-state index contributed by atoms with van der Waals surface area (Å²) in [5.74, 6) is 0.107. The van der Waals surface area contributed by atoms with Gasteiger partial charge in [-0.3, -0.25) is 19.9 Å². The van der Waals surface area contributed by atoms with Crippen molar-refractivity contribution >= 4 is 39.9 Å². The van der Waals surface area contributed by atoms with E-state index in [4.69, 9.17) is 16.3 Å². The molecule has 1 saturated heterocycles. The first-order chi connectivity index (χ1) is 16.8. The number of nitrogens with one attached hydrogen (secondary N) is 1. The highest BCUT2D eigenvalue weighted by molar-refractivity contribution is 7.15. The second-order valence-electron chi connectivity index (χ2n) is 8.76. The third kappa shape index (κ3) is 4.73. The van der Waals surface area contributed by atoms with Crippen LogP contribution in [0.1, 0.15) is 33.0 Å². The van der Waals surface area contributed by atoms with Crippen LogP contribution in [0.2, 0.25) is 5.15 Å². The van der Waals surface area contributed by atoms with Gasteiger partial charge in [-0.25, -0.2) is 9.97 Å². The zero-order valence-electron chi connectivity index (χ0n) is 19.2. The molecular formula is C24H24ClN5O4S. The summed E-state index contributed by atoms with van der Waals surface area (Å²) >= 11 is 7.52. The number of halogens is 1. The Hall–Kier alpha value is -3.08. The van der Waals surface area contributed by atoms with E-state index in [-0.39, 0.29) is 22.9 Å². The largest absolute Gasteiger partial charge is 0.494 e. The molecule has 0 bridgehead atoms. The van der Waals surface area contributed by atoms with E-state index in [0.29, 0.717) is 59.9 Å². The lowest BCUT2D eigenvalue weighted by atomic mass is 9.89. The van der Waals surface area contributed by atoms with Crippen LogP contribution >= 0.6 is 22.9 Å². The molecule has 3 aromatic heterocycles. The number of hydrogen-bond donors (Lipinski definition) is 2. The second-order valence-corrected chi connectivity index (χ2v) is 10.2. The van der Waals surface area contributed by atoms with Crippen molar-refractivity contribution in [1.82, 2.24) is 19.9 Å². The maximum Gasteiger partial charge on any atom is 0.259 e. The summed E-state index contributed by atoms with van der Waals surface area (Å²) in [4.78, 5) is 41.7. The molecule has 0 saturated carbocycles. The molecule has 2 N–H and O–H groups in total. The fourth-order valence-electron chi connectivity index (χ4n) is 4.45. The van der Waals surface area contributed by atoms with E-state index >= 15 is 0 Å². The van der Waals surface area contributed by atoms with Crippen LogP contribution in [0, 0.1) is 12.8 Å². The number of aliphatic hydroxyl groups excluding tert-OH is 1. The number of rotatable bonds is 5. The predicted octanol–water partition coefficient (Wildman–Crippen LogP) is 3.13. The van der Waals surface area contributed by atoms with Crippen LogP contribution in [0.15, 0.2) is 24.5 Å². The molecule has 3 aromatic rings. The number of aryl methyl sites for hydroxylation is 2. The number of anilines is 1. The molecule has 1 atom stereocenters. The van der Waals surface area contributed by atoms with Gasteiger partial charge in [0.1, 0.15) is 10.9 Å². The molecule has 1 aliphatic heterocycles. The van der Waals surface area contributed by atoms with E-state index in [1.165, 1.54) is 30.8 Å². The van der Waals surface area contributed by atoms with Gasteiger partial charge in [0, 0.05) is 46.9 Å². The minimum Gasteiger partial charge on any atom is -0.494 e. The van der Waals surface area contributed by atoms with Crippen LogP contribution in [-0.2, 0) is 17.6 Å². The molecule has 0 spiro atoms. The SMILES string of the molecule is COc1cnc(Cl)cc1-c1cc(C)ncc1C(=O)Nc1nc2c(s1)C[C@H](C(=O)N1CC(O)C1)CC2. The zero-order chi connectivity index (χ0) is 24.7. The number of likely N-dealkylation sites (tertiary alicyclic amines) is 1. The van der Waals surface area contributed by atoms with E-state index in [2.05, 4.69) is 20.3 Å². The van der Waals surface area contributed by atoms with Gasteiger partial charge in [-0.15, -0.1) is 11.3 Å². The topological polar surface area (TPSA) is 118 Å². The number of carbonyl (C=O) groups excluding carboxylic acids is 2. The van der Waals surface area contributed by atoms with Crippen LogP contribution in [0.5, 0.6) is 5.75 Å². The highest BCUT2D eigenvalue weighted by atomic mass is 35.5. The Morgan fingerprint density at radius 3 is 2.77 bits per heavy atom. The summed E-state index contributed by atoms with van der Waals surface area (Å²) in [7, 11) is 1.53. The summed E-state index contributed by atoms with van der Waals surface area (Å²) < 4.78 is 5.44. The molecule has 11 heteroatoms. The standard InChI is InChI=1S/C24H24ClN5O4S/c1-12-5-15(16-7-21(25)27-9-19(16)34-2)17(8-26-12)22(32)29-24-28-18-4-3-13(6-20(18)35-24)23(33)30-10-14(31)11-30/h5,7-9,13-14,31H,3-4,6,10-11H2,1-2H3,(H,28,29,32)/t13-/m1/s1. The van der Waals surface area contributed by atoms with Crippen molar-refractivity contribution in [2.75, 3.05) is 25.5 Å². The molecule has 9 nitrogen and oxygen atoms in total. The van der Waals surface area contributed by atoms with Gasteiger partial charge < -0.3 is 14.7 Å². The Balaban J connectivity index is 1.37. The molecule has 35 heavy (non-hydrogen) atoms. The number of ether oxygens (including phenoxy) is 1. The van der Waals surface area contributed by atoms with Crippen LogP contribution in [-0.4, -0.2) is 63.1 Å². The van der Waals surface area contributed by atoms with E-state index < -0.39 is 6.10 Å². The quantitative estimate of drug-likeness (QED) is 0.503. The number of carbonyl (C=O) groups is 2. The maximum atomic E-state index is 13.3. The summed E-state index contributed by atoms with van der Waals surface area (Å²) in [6.45, 7) is 2.66. The van der Waals surface area contributed by atoms with Crippen LogP contribution in [0.3, 0.4) is 0 Å². The van der Waals surface area contributed by atoms with E-state index in [9.17, 15) is 14.7 Å². The zero-order valence-corrected chi connectivity index (χ0v) is 20.8. The Labute approximate surface area is 211 Å². The van der Waals surface area contributed by atoms with E-state index in [0.717, 1.165) is 16.3 Å². The molecule has 2 amide bonds. The lowest BCUT2D eigenvalue weighted by Crippen LogP contribution is -2.55. The molecule has 2 aliphatic rings. The maximum absolute atomic E-state index is 13.3. The number of fused-ring (bicyclic) bond motifs is 1. The third-order valence-corrected chi connectivity index (χ3v) is 7.55. The Bertz CT molecular complexity index is 1310. The van der Waals surface area contributed by atoms with Gasteiger partial charge in [0.15, 0.2) is 5.13 Å². The van der Waals surface area contributed by atoms with Gasteiger partial charge in [0.2, 0.25) is 5.91 Å². The van der Waals surface area contributed by atoms with Gasteiger partial charge in [-0.05, 0) is 38.3 Å². The first-order valence-corrected chi connectivity index (χ1v) is 12.4. The van der Waals surface area contributed by atoms with Crippen molar-refractivity contribution in [3.63, 3.8) is 0 Å². The molecule has 0 unspecified atom stereocenters. The van der Waals surface area contributed by atoms with E-state index in [1.807, 2.05) is 6.92 Å². The number of nitrogens with zero attached hydrogens (tertiary/aromatic N) is 4. The average Bonchev–Trinajstić information content (AvgIpc) is 3.22. The second kappa shape index (κ2) is 9.52. The van der Waals surface area contributed by atoms with Gasteiger partial charge in [-0.1, -0.05) is 11.6 Å². The highest BCUT2D eigenvalue weighted by Gasteiger charge is 2.36. The van der Waals surface area contributed by atoms with Crippen molar-refractivity contribution in [2.24, 2.45) is 5.92 Å². The first-order valence-electron chi connectivity index (χ1n) is 11.3. The number of aliphatic hydroxyl groups is 1.